The van der Waals surface area contributed by atoms with Gasteiger partial charge in [0.15, 0.2) is 0 Å². The van der Waals surface area contributed by atoms with Crippen LogP contribution in [-0.2, 0) is 9.59 Å². The van der Waals surface area contributed by atoms with Gasteiger partial charge < -0.3 is 10.4 Å². The molecule has 0 aliphatic carbocycles. The first-order chi connectivity index (χ1) is 6.95. The maximum atomic E-state index is 11.4. The number of carbonyl (C=O) groups excluding carboxylic acids is 1. The Kier molecular flexibility index (Phi) is 7.21. The minimum Gasteiger partial charge on any atom is -0.481 e. The van der Waals surface area contributed by atoms with Gasteiger partial charge in [0.2, 0.25) is 5.91 Å². The van der Waals surface area contributed by atoms with Crippen molar-refractivity contribution < 1.29 is 14.7 Å². The molecule has 0 aromatic carbocycles. The molecule has 2 atom stereocenters. The van der Waals surface area contributed by atoms with Crippen molar-refractivity contribution in [3.8, 4) is 0 Å². The van der Waals surface area contributed by atoms with Crippen LogP contribution in [0.3, 0.4) is 0 Å². The third kappa shape index (κ3) is 8.30. The van der Waals surface area contributed by atoms with E-state index >= 15 is 0 Å². The van der Waals surface area contributed by atoms with Gasteiger partial charge in [-0.25, -0.2) is 0 Å². The van der Waals surface area contributed by atoms with E-state index < -0.39 is 5.97 Å². The molecule has 1 amide bonds. The maximum absolute atomic E-state index is 11.4. The third-order valence-corrected chi connectivity index (χ3v) is 3.05. The summed E-state index contributed by atoms with van der Waals surface area (Å²) in [5.41, 5.74) is 0. The summed E-state index contributed by atoms with van der Waals surface area (Å²) in [7, 11) is 0. The van der Waals surface area contributed by atoms with Crippen molar-refractivity contribution in [2.45, 2.75) is 44.4 Å². The lowest BCUT2D eigenvalue weighted by molar-refractivity contribution is -0.137. The van der Waals surface area contributed by atoms with E-state index in [4.69, 9.17) is 5.11 Å². The van der Waals surface area contributed by atoms with Crippen molar-refractivity contribution in [2.75, 3.05) is 6.26 Å². The summed E-state index contributed by atoms with van der Waals surface area (Å²) >= 11 is 1.64. The van der Waals surface area contributed by atoms with E-state index in [1.807, 2.05) is 20.1 Å². The van der Waals surface area contributed by atoms with Gasteiger partial charge in [-0.1, -0.05) is 6.92 Å². The van der Waals surface area contributed by atoms with Gasteiger partial charge in [0.25, 0.3) is 0 Å². The Morgan fingerprint density at radius 1 is 1.40 bits per heavy atom. The highest BCUT2D eigenvalue weighted by Crippen LogP contribution is 2.09. The smallest absolute Gasteiger partial charge is 0.303 e. The number of carbonyl (C=O) groups is 2. The van der Waals surface area contributed by atoms with Crippen molar-refractivity contribution in [1.29, 1.82) is 0 Å². The van der Waals surface area contributed by atoms with Crippen molar-refractivity contribution in [3.63, 3.8) is 0 Å². The predicted molar refractivity (Wildman–Crippen MR) is 62.1 cm³/mol. The fourth-order valence-electron chi connectivity index (χ4n) is 1.09. The summed E-state index contributed by atoms with van der Waals surface area (Å²) in [4.78, 5) is 21.7. The van der Waals surface area contributed by atoms with Crippen molar-refractivity contribution in [2.24, 2.45) is 0 Å². The molecule has 0 saturated carbocycles. The van der Waals surface area contributed by atoms with Crippen LogP contribution in [0.2, 0.25) is 0 Å². The summed E-state index contributed by atoms with van der Waals surface area (Å²) < 4.78 is 0. The molecule has 0 spiro atoms. The largest absolute Gasteiger partial charge is 0.481 e. The van der Waals surface area contributed by atoms with Crippen LogP contribution in [0, 0.1) is 0 Å². The van der Waals surface area contributed by atoms with E-state index in [0.717, 1.165) is 0 Å². The van der Waals surface area contributed by atoms with Crippen LogP contribution in [-0.4, -0.2) is 34.5 Å². The predicted octanol–water partition coefficient (Wildman–Crippen LogP) is 1.50. The molecule has 0 saturated heterocycles. The Bertz CT molecular complexity index is 221. The molecule has 4 nitrogen and oxygen atoms in total. The molecule has 88 valence electrons. The lowest BCUT2D eigenvalue weighted by Crippen LogP contribution is -2.34. The van der Waals surface area contributed by atoms with Crippen molar-refractivity contribution in [1.82, 2.24) is 5.32 Å². The second-order valence-electron chi connectivity index (χ2n) is 3.65. The molecule has 0 heterocycles. The molecule has 0 aromatic rings. The maximum Gasteiger partial charge on any atom is 0.303 e. The molecule has 15 heavy (non-hydrogen) atoms. The monoisotopic (exact) mass is 233 g/mol. The zero-order chi connectivity index (χ0) is 11.8. The van der Waals surface area contributed by atoms with Gasteiger partial charge in [-0.15, -0.1) is 0 Å². The van der Waals surface area contributed by atoms with Gasteiger partial charge >= 0.3 is 5.97 Å². The molecule has 2 unspecified atom stereocenters. The second-order valence-corrected chi connectivity index (χ2v) is 4.93. The van der Waals surface area contributed by atoms with E-state index in [-0.39, 0.29) is 18.4 Å². The van der Waals surface area contributed by atoms with Crippen LogP contribution in [0.1, 0.15) is 33.1 Å². The Balaban J connectivity index is 3.71. The number of hydrogen-bond donors (Lipinski definition) is 2. The molecular formula is C10H19NO3S. The van der Waals surface area contributed by atoms with Crippen LogP contribution >= 0.6 is 11.8 Å². The van der Waals surface area contributed by atoms with Gasteiger partial charge in [-0.05, 0) is 19.6 Å². The van der Waals surface area contributed by atoms with Gasteiger partial charge in [-0.3, -0.25) is 9.59 Å². The number of amides is 1. The first kappa shape index (κ1) is 14.3. The Hall–Kier alpha value is -0.710. The Morgan fingerprint density at radius 2 is 2.00 bits per heavy atom. The zero-order valence-corrected chi connectivity index (χ0v) is 10.3. The zero-order valence-electron chi connectivity index (χ0n) is 9.45. The van der Waals surface area contributed by atoms with E-state index in [9.17, 15) is 9.59 Å². The number of nitrogens with one attached hydrogen (secondary N) is 1. The lowest BCUT2D eigenvalue weighted by Gasteiger charge is -2.14. The van der Waals surface area contributed by atoms with Gasteiger partial charge in [0, 0.05) is 24.1 Å². The lowest BCUT2D eigenvalue weighted by atomic mass is 10.2. The molecule has 0 fully saturated rings. The van der Waals surface area contributed by atoms with E-state index in [2.05, 4.69) is 5.32 Å². The molecule has 0 rings (SSSR count). The molecule has 0 aliphatic rings. The Labute approximate surface area is 94.8 Å². The molecule has 0 bridgehead atoms. The minimum atomic E-state index is -0.825. The average Bonchev–Trinajstić information content (AvgIpc) is 2.14. The summed E-state index contributed by atoms with van der Waals surface area (Å²) in [5, 5.41) is 11.6. The molecule has 0 aromatic heterocycles. The second kappa shape index (κ2) is 7.56. The highest BCUT2D eigenvalue weighted by atomic mass is 32.2. The van der Waals surface area contributed by atoms with E-state index in [0.29, 0.717) is 18.1 Å². The summed E-state index contributed by atoms with van der Waals surface area (Å²) in [5.74, 6) is -0.830. The number of carboxylic acids is 1. The fourth-order valence-corrected chi connectivity index (χ4v) is 1.41. The summed E-state index contributed by atoms with van der Waals surface area (Å²) in [6, 6.07) is -0.0670. The van der Waals surface area contributed by atoms with E-state index in [1.165, 1.54) is 0 Å². The first-order valence-electron chi connectivity index (χ1n) is 4.99. The van der Waals surface area contributed by atoms with Crippen LogP contribution in [0.25, 0.3) is 0 Å². The number of hydrogen-bond acceptors (Lipinski definition) is 3. The topological polar surface area (TPSA) is 66.4 Å². The van der Waals surface area contributed by atoms with Crippen molar-refractivity contribution in [3.05, 3.63) is 0 Å². The fraction of sp³-hybridized carbons (Fsp3) is 0.800. The first-order valence-corrected chi connectivity index (χ1v) is 6.28. The van der Waals surface area contributed by atoms with Crippen LogP contribution < -0.4 is 5.32 Å². The highest BCUT2D eigenvalue weighted by molar-refractivity contribution is 7.99. The molecular weight excluding hydrogens is 214 g/mol. The number of aliphatic carboxylic acids is 1. The Morgan fingerprint density at radius 3 is 2.47 bits per heavy atom. The number of thioether (sulfide) groups is 1. The van der Waals surface area contributed by atoms with E-state index in [1.54, 1.807) is 11.8 Å². The van der Waals surface area contributed by atoms with Crippen LogP contribution in [0.4, 0.5) is 0 Å². The SMILES string of the molecule is CSC(C)CC(=O)NC(C)CCC(=O)O. The molecule has 0 aliphatic heterocycles. The average molecular weight is 233 g/mol. The standard InChI is InChI=1S/C10H19NO3S/c1-7(4-5-10(13)14)11-9(12)6-8(2)15-3/h7-8H,4-6H2,1-3H3,(H,11,12)(H,13,14). The quantitative estimate of drug-likeness (QED) is 0.699. The highest BCUT2D eigenvalue weighted by Gasteiger charge is 2.11. The molecule has 2 N–H and O–H groups in total. The molecule has 0 radical (unpaired) electrons. The number of rotatable bonds is 7. The summed E-state index contributed by atoms with van der Waals surface area (Å²) in [6.07, 6.45) is 3.03. The van der Waals surface area contributed by atoms with Crippen LogP contribution in [0.15, 0.2) is 0 Å². The van der Waals surface area contributed by atoms with Gasteiger partial charge in [-0.2, -0.15) is 11.8 Å². The summed E-state index contributed by atoms with van der Waals surface area (Å²) in [6.45, 7) is 3.82. The third-order valence-electron chi connectivity index (χ3n) is 2.07. The molecule has 5 heteroatoms. The van der Waals surface area contributed by atoms with Gasteiger partial charge in [0.1, 0.15) is 0 Å². The van der Waals surface area contributed by atoms with Crippen molar-refractivity contribution >= 4 is 23.6 Å². The number of carboxylic acid groups (broad SMARTS) is 1. The van der Waals surface area contributed by atoms with Crippen LogP contribution in [0.5, 0.6) is 0 Å². The van der Waals surface area contributed by atoms with Gasteiger partial charge in [0.05, 0.1) is 0 Å². The minimum absolute atomic E-state index is 0.00487. The normalized spacial score (nSPS) is 14.3.